The number of nitrogens with zero attached hydrogens (tertiary/aromatic N) is 1. The molecule has 1 unspecified atom stereocenters. The molecule has 0 saturated heterocycles. The number of aryl methyl sites for hydroxylation is 1. The maximum atomic E-state index is 12.5. The number of benzene rings is 1. The van der Waals surface area contributed by atoms with Crippen molar-refractivity contribution in [3.05, 3.63) is 29.8 Å². The van der Waals surface area contributed by atoms with E-state index in [1.165, 1.54) is 6.42 Å². The van der Waals surface area contributed by atoms with Crippen molar-refractivity contribution in [1.82, 2.24) is 4.83 Å². The van der Waals surface area contributed by atoms with E-state index in [0.717, 1.165) is 44.1 Å². The van der Waals surface area contributed by atoms with E-state index in [4.69, 9.17) is 0 Å². The molecule has 148 valence electrons. The van der Waals surface area contributed by atoms with Gasteiger partial charge in [-0.05, 0) is 74.8 Å². The molecular formula is C21H30N2O3S. The third-order valence-electron chi connectivity index (χ3n) is 7.64. The first-order chi connectivity index (χ1) is 12.8. The summed E-state index contributed by atoms with van der Waals surface area (Å²) in [7, 11) is -3.64. The zero-order valence-corrected chi connectivity index (χ0v) is 17.0. The number of rotatable bonds is 5. The molecule has 1 spiro atoms. The normalized spacial score (nSPS) is 38.3. The highest BCUT2D eigenvalue weighted by atomic mass is 32.2. The Kier molecular flexibility index (Phi) is 4.62. The third-order valence-corrected chi connectivity index (χ3v) is 8.88. The van der Waals surface area contributed by atoms with Gasteiger partial charge in [-0.25, -0.2) is 4.83 Å². The van der Waals surface area contributed by atoms with E-state index >= 15 is 0 Å². The van der Waals surface area contributed by atoms with Crippen molar-refractivity contribution < 1.29 is 13.5 Å². The summed E-state index contributed by atoms with van der Waals surface area (Å²) in [4.78, 5) is 2.64. The van der Waals surface area contributed by atoms with Crippen LogP contribution in [0.5, 0.6) is 0 Å². The van der Waals surface area contributed by atoms with Crippen molar-refractivity contribution in [3.8, 4) is 0 Å². The average Bonchev–Trinajstić information content (AvgIpc) is 2.94. The van der Waals surface area contributed by atoms with E-state index in [0.29, 0.717) is 11.8 Å². The standard InChI is InChI=1S/C21H30N2O3S/c1-3-20(13-21-12-4-5-18(24)17(21)10-11-19(20)21)14-22-23-27(25,26)16-8-6-15(2)7-9-16/h6-9,14,17-19,23-24H,3-5,10-13H2,1-2H3/b22-14+/t17?,18-,19+,20-,21+/m0/s1. The van der Waals surface area contributed by atoms with Gasteiger partial charge in [0, 0.05) is 11.6 Å². The molecule has 5 nitrogen and oxygen atoms in total. The Morgan fingerprint density at radius 2 is 2.00 bits per heavy atom. The van der Waals surface area contributed by atoms with Gasteiger partial charge in [0.15, 0.2) is 0 Å². The van der Waals surface area contributed by atoms with Crippen LogP contribution in [0.2, 0.25) is 0 Å². The van der Waals surface area contributed by atoms with Crippen LogP contribution in [0.1, 0.15) is 57.4 Å². The lowest BCUT2D eigenvalue weighted by molar-refractivity contribution is -0.139. The van der Waals surface area contributed by atoms with Gasteiger partial charge in [-0.15, -0.1) is 0 Å². The first kappa shape index (κ1) is 18.9. The van der Waals surface area contributed by atoms with Gasteiger partial charge in [0.25, 0.3) is 10.0 Å². The predicted octanol–water partition coefficient (Wildman–Crippen LogP) is 3.62. The van der Waals surface area contributed by atoms with E-state index in [9.17, 15) is 13.5 Å². The topological polar surface area (TPSA) is 78.8 Å². The first-order valence-electron chi connectivity index (χ1n) is 10.1. The molecule has 3 saturated carbocycles. The third kappa shape index (κ3) is 2.92. The molecule has 0 heterocycles. The summed E-state index contributed by atoms with van der Waals surface area (Å²) >= 11 is 0. The molecule has 1 aromatic rings. The molecule has 6 heteroatoms. The molecule has 3 fully saturated rings. The van der Waals surface area contributed by atoms with E-state index in [2.05, 4.69) is 16.9 Å². The summed E-state index contributed by atoms with van der Waals surface area (Å²) in [6.45, 7) is 4.09. The molecule has 3 aliphatic carbocycles. The van der Waals surface area contributed by atoms with Crippen LogP contribution in [-0.4, -0.2) is 25.8 Å². The van der Waals surface area contributed by atoms with Crippen LogP contribution in [0, 0.1) is 29.6 Å². The summed E-state index contributed by atoms with van der Waals surface area (Å²) < 4.78 is 24.9. The zero-order valence-electron chi connectivity index (χ0n) is 16.2. The molecule has 4 rings (SSSR count). The monoisotopic (exact) mass is 390 g/mol. The lowest BCUT2D eigenvalue weighted by Crippen LogP contribution is -2.59. The van der Waals surface area contributed by atoms with Crippen LogP contribution in [0.4, 0.5) is 0 Å². The van der Waals surface area contributed by atoms with Crippen LogP contribution in [-0.2, 0) is 10.0 Å². The molecular weight excluding hydrogens is 360 g/mol. The number of hydrazone groups is 1. The van der Waals surface area contributed by atoms with E-state index < -0.39 is 10.0 Å². The molecule has 1 aromatic carbocycles. The Hall–Kier alpha value is -1.40. The van der Waals surface area contributed by atoms with Crippen LogP contribution in [0.25, 0.3) is 0 Å². The average molecular weight is 391 g/mol. The number of sulfonamides is 1. The van der Waals surface area contributed by atoms with Gasteiger partial charge in [0.1, 0.15) is 0 Å². The second-order valence-corrected chi connectivity index (χ2v) is 10.5. The second-order valence-electron chi connectivity index (χ2n) is 8.86. The Bertz CT molecular complexity index is 835. The quantitative estimate of drug-likeness (QED) is 0.595. The molecule has 5 atom stereocenters. The van der Waals surface area contributed by atoms with E-state index in [-0.39, 0.29) is 21.8 Å². The molecule has 0 radical (unpaired) electrons. The van der Waals surface area contributed by atoms with Gasteiger partial charge in [-0.1, -0.05) is 31.0 Å². The van der Waals surface area contributed by atoms with Crippen molar-refractivity contribution in [3.63, 3.8) is 0 Å². The molecule has 0 bridgehead atoms. The summed E-state index contributed by atoms with van der Waals surface area (Å²) in [6.07, 6.45) is 9.13. The summed E-state index contributed by atoms with van der Waals surface area (Å²) in [5, 5.41) is 14.6. The fourth-order valence-electron chi connectivity index (χ4n) is 6.36. The van der Waals surface area contributed by atoms with Gasteiger partial charge in [0.2, 0.25) is 0 Å². The van der Waals surface area contributed by atoms with Gasteiger partial charge in [0.05, 0.1) is 11.0 Å². The molecule has 0 amide bonds. The van der Waals surface area contributed by atoms with Gasteiger partial charge >= 0.3 is 0 Å². The minimum absolute atomic E-state index is 0.0401. The highest BCUT2D eigenvalue weighted by molar-refractivity contribution is 7.89. The Morgan fingerprint density at radius 1 is 1.26 bits per heavy atom. The minimum atomic E-state index is -3.64. The van der Waals surface area contributed by atoms with E-state index in [1.54, 1.807) is 24.3 Å². The van der Waals surface area contributed by atoms with Crippen molar-refractivity contribution in [1.29, 1.82) is 0 Å². The van der Waals surface area contributed by atoms with Crippen LogP contribution >= 0.6 is 0 Å². The van der Waals surface area contributed by atoms with Crippen molar-refractivity contribution in [2.75, 3.05) is 0 Å². The lowest BCUT2D eigenvalue weighted by Gasteiger charge is -2.63. The minimum Gasteiger partial charge on any atom is -0.393 e. The SMILES string of the molecule is CC[C@@]1(/C=N/NS(=O)(=O)c2ccc(C)cc2)C[C@]23CCC[C@H](O)C2CC[C@H]13. The van der Waals surface area contributed by atoms with Crippen molar-refractivity contribution in [2.24, 2.45) is 27.8 Å². The van der Waals surface area contributed by atoms with Gasteiger partial charge < -0.3 is 5.11 Å². The van der Waals surface area contributed by atoms with E-state index in [1.807, 2.05) is 13.1 Å². The number of hydrogen-bond donors (Lipinski definition) is 2. The fraction of sp³-hybridized carbons (Fsp3) is 0.667. The number of aliphatic hydroxyl groups is 1. The van der Waals surface area contributed by atoms with Crippen LogP contribution in [0.15, 0.2) is 34.3 Å². The Balaban J connectivity index is 1.49. The second kappa shape index (κ2) is 6.59. The number of nitrogens with one attached hydrogen (secondary N) is 1. The highest BCUT2D eigenvalue weighted by Gasteiger charge is 2.68. The van der Waals surface area contributed by atoms with Crippen LogP contribution in [0.3, 0.4) is 0 Å². The maximum absolute atomic E-state index is 12.5. The van der Waals surface area contributed by atoms with Crippen molar-refractivity contribution >= 4 is 16.2 Å². The molecule has 0 aliphatic heterocycles. The molecule has 2 N–H and O–H groups in total. The zero-order chi connectivity index (χ0) is 19.3. The van der Waals surface area contributed by atoms with Gasteiger partial charge in [-0.3, -0.25) is 0 Å². The van der Waals surface area contributed by atoms with Gasteiger partial charge in [-0.2, -0.15) is 13.5 Å². The summed E-state index contributed by atoms with van der Waals surface area (Å²) in [6, 6.07) is 6.78. The summed E-state index contributed by atoms with van der Waals surface area (Å²) in [5.74, 6) is 0.941. The van der Waals surface area contributed by atoms with Crippen molar-refractivity contribution in [2.45, 2.75) is 69.8 Å². The smallest absolute Gasteiger partial charge is 0.276 e. The fourth-order valence-corrected chi connectivity index (χ4v) is 7.15. The number of hydrogen-bond acceptors (Lipinski definition) is 4. The molecule has 3 aliphatic rings. The predicted molar refractivity (Wildman–Crippen MR) is 106 cm³/mol. The maximum Gasteiger partial charge on any atom is 0.276 e. The Labute approximate surface area is 162 Å². The van der Waals surface area contributed by atoms with Crippen LogP contribution < -0.4 is 4.83 Å². The lowest BCUT2D eigenvalue weighted by atomic mass is 9.41. The highest BCUT2D eigenvalue weighted by Crippen LogP contribution is 2.73. The number of aliphatic hydroxyl groups excluding tert-OH is 1. The Morgan fingerprint density at radius 3 is 2.70 bits per heavy atom. The first-order valence-corrected chi connectivity index (χ1v) is 11.6. The largest absolute Gasteiger partial charge is 0.393 e. The molecule has 0 aromatic heterocycles. The molecule has 27 heavy (non-hydrogen) atoms. The summed E-state index contributed by atoms with van der Waals surface area (Å²) in [5.41, 5.74) is 1.24.